The summed E-state index contributed by atoms with van der Waals surface area (Å²) in [6.07, 6.45) is -0.282. The van der Waals surface area contributed by atoms with Crippen molar-refractivity contribution in [3.05, 3.63) is 77.1 Å². The van der Waals surface area contributed by atoms with E-state index in [9.17, 15) is 27.2 Å². The molecule has 1 aliphatic rings. The molecule has 0 atom stereocenters. The summed E-state index contributed by atoms with van der Waals surface area (Å²) in [7, 11) is -3.66. The van der Waals surface area contributed by atoms with Crippen LogP contribution in [0.4, 0.5) is 4.39 Å². The van der Waals surface area contributed by atoms with Gasteiger partial charge in [-0.1, -0.05) is 12.1 Å². The molecule has 0 aliphatic carbocycles. The van der Waals surface area contributed by atoms with E-state index >= 15 is 0 Å². The molecule has 0 amide bonds. The summed E-state index contributed by atoms with van der Waals surface area (Å²) in [6, 6.07) is 12.7. The number of piperazine rings is 1. The summed E-state index contributed by atoms with van der Waals surface area (Å²) in [5.41, 5.74) is 0.484. The number of carbonyl (C=O) groups is 3. The SMILES string of the molecule is CC(C)(C)OC=O.O=C(O)Cc1cc(C(=O)c2ccc(S(=O)(=O)N3CCNCC3)cc2)c2cc(F)ccc2c1. The quantitative estimate of drug-likeness (QED) is 0.334. The molecule has 3 aromatic rings. The van der Waals surface area contributed by atoms with Crippen molar-refractivity contribution in [2.45, 2.75) is 37.7 Å². The smallest absolute Gasteiger partial charge is 0.307 e. The molecule has 0 radical (unpaired) electrons. The molecule has 208 valence electrons. The number of ether oxygens (including phenoxy) is 1. The molecule has 9 nitrogen and oxygen atoms in total. The van der Waals surface area contributed by atoms with E-state index in [0.29, 0.717) is 49.0 Å². The van der Waals surface area contributed by atoms with Crippen LogP contribution >= 0.6 is 0 Å². The number of carbonyl (C=O) groups excluding carboxylic acids is 2. The summed E-state index contributed by atoms with van der Waals surface area (Å²) in [6.45, 7) is 7.82. The summed E-state index contributed by atoms with van der Waals surface area (Å²) >= 11 is 0. The highest BCUT2D eigenvalue weighted by Gasteiger charge is 2.26. The molecular weight excluding hydrogens is 527 g/mol. The number of halogens is 1. The minimum atomic E-state index is -3.66. The topological polar surface area (TPSA) is 130 Å². The Hall–Kier alpha value is -3.67. The molecule has 39 heavy (non-hydrogen) atoms. The van der Waals surface area contributed by atoms with E-state index in [0.717, 1.165) is 0 Å². The Morgan fingerprint density at radius 2 is 1.69 bits per heavy atom. The van der Waals surface area contributed by atoms with Crippen LogP contribution in [0.25, 0.3) is 10.8 Å². The zero-order valence-electron chi connectivity index (χ0n) is 21.9. The molecule has 0 saturated carbocycles. The maximum atomic E-state index is 13.9. The second-order valence-corrected chi connectivity index (χ2v) is 11.9. The summed E-state index contributed by atoms with van der Waals surface area (Å²) < 4.78 is 45.4. The lowest BCUT2D eigenvalue weighted by molar-refractivity contribution is -0.139. The minimum Gasteiger partial charge on any atom is -0.481 e. The van der Waals surface area contributed by atoms with Gasteiger partial charge in [-0.2, -0.15) is 4.31 Å². The lowest BCUT2D eigenvalue weighted by atomic mass is 9.94. The molecule has 0 aromatic heterocycles. The van der Waals surface area contributed by atoms with Gasteiger partial charge in [0, 0.05) is 37.3 Å². The zero-order valence-corrected chi connectivity index (χ0v) is 22.8. The first-order valence-electron chi connectivity index (χ1n) is 12.2. The number of nitrogens with one attached hydrogen (secondary N) is 1. The molecule has 2 N–H and O–H groups in total. The van der Waals surface area contributed by atoms with Gasteiger partial charge >= 0.3 is 5.97 Å². The van der Waals surface area contributed by atoms with Gasteiger partial charge in [-0.3, -0.25) is 14.4 Å². The number of fused-ring (bicyclic) bond motifs is 1. The van der Waals surface area contributed by atoms with Crippen LogP contribution in [0, 0.1) is 5.82 Å². The first kappa shape index (κ1) is 29.9. The largest absolute Gasteiger partial charge is 0.481 e. The third kappa shape index (κ3) is 7.92. The highest BCUT2D eigenvalue weighted by atomic mass is 32.2. The van der Waals surface area contributed by atoms with Gasteiger partial charge in [-0.25, -0.2) is 12.8 Å². The fourth-order valence-corrected chi connectivity index (χ4v) is 5.41. The van der Waals surface area contributed by atoms with Gasteiger partial charge in [0.05, 0.1) is 11.3 Å². The number of rotatable bonds is 7. The average Bonchev–Trinajstić information content (AvgIpc) is 2.88. The molecule has 0 unspecified atom stereocenters. The third-order valence-corrected chi connectivity index (χ3v) is 7.72. The molecule has 4 rings (SSSR count). The molecule has 3 aromatic carbocycles. The van der Waals surface area contributed by atoms with Crippen LogP contribution in [-0.2, 0) is 30.8 Å². The third-order valence-electron chi connectivity index (χ3n) is 5.81. The molecule has 0 bridgehead atoms. The minimum absolute atomic E-state index is 0.0893. The molecule has 0 spiro atoms. The Bertz CT molecular complexity index is 1460. The van der Waals surface area contributed by atoms with Crippen molar-refractivity contribution in [1.82, 2.24) is 9.62 Å². The monoisotopic (exact) mass is 558 g/mol. The van der Waals surface area contributed by atoms with Crippen molar-refractivity contribution in [3.63, 3.8) is 0 Å². The average molecular weight is 559 g/mol. The Kier molecular flexibility index (Phi) is 9.54. The molecule has 1 saturated heterocycles. The second-order valence-electron chi connectivity index (χ2n) is 9.91. The number of ketones is 1. The number of sulfonamides is 1. The summed E-state index contributed by atoms with van der Waals surface area (Å²) in [5, 5.41) is 13.1. The Labute approximate surface area is 226 Å². The fourth-order valence-electron chi connectivity index (χ4n) is 3.97. The van der Waals surface area contributed by atoms with Crippen LogP contribution in [0.15, 0.2) is 59.5 Å². The number of benzene rings is 3. The second kappa shape index (κ2) is 12.5. The molecular formula is C28H31FN2O7S. The van der Waals surface area contributed by atoms with Gasteiger partial charge in [0.25, 0.3) is 6.47 Å². The summed E-state index contributed by atoms with van der Waals surface area (Å²) in [5.74, 6) is -2.01. The number of carboxylic acid groups (broad SMARTS) is 1. The van der Waals surface area contributed by atoms with Crippen LogP contribution in [0.3, 0.4) is 0 Å². The van der Waals surface area contributed by atoms with E-state index in [1.54, 1.807) is 6.07 Å². The van der Waals surface area contributed by atoms with Gasteiger partial charge in [0.1, 0.15) is 11.4 Å². The fraction of sp³-hybridized carbons (Fsp3) is 0.321. The number of hydrogen-bond acceptors (Lipinski definition) is 7. The number of nitrogens with zero attached hydrogens (tertiary/aromatic N) is 1. The standard InChI is InChI=1S/C23H21FN2O5S.C5H10O2/c24-18-4-1-17-11-15(13-22(27)28)12-21(20(17)14-18)23(29)16-2-5-19(6-3-16)32(30,31)26-9-7-25-8-10-26;1-5(2,3)7-4-6/h1-6,11-12,14,25H,7-10,13H2,(H,27,28);4H,1-3H3. The maximum absolute atomic E-state index is 13.9. The number of carboxylic acids is 1. The van der Waals surface area contributed by atoms with Gasteiger partial charge in [-0.15, -0.1) is 0 Å². The van der Waals surface area contributed by atoms with E-state index in [-0.39, 0.29) is 28.0 Å². The summed E-state index contributed by atoms with van der Waals surface area (Å²) in [4.78, 5) is 34.1. The Morgan fingerprint density at radius 3 is 2.23 bits per heavy atom. The van der Waals surface area contributed by atoms with Crippen LogP contribution in [0.5, 0.6) is 0 Å². The Balaban J connectivity index is 0.000000532. The molecule has 11 heteroatoms. The number of hydrogen-bond donors (Lipinski definition) is 2. The van der Waals surface area contributed by atoms with E-state index in [1.807, 2.05) is 20.8 Å². The van der Waals surface area contributed by atoms with Crippen LogP contribution in [0.1, 0.15) is 42.3 Å². The van der Waals surface area contributed by atoms with Gasteiger partial charge in [-0.05, 0) is 79.6 Å². The van der Waals surface area contributed by atoms with Crippen molar-refractivity contribution in [1.29, 1.82) is 0 Å². The predicted octanol–water partition coefficient (Wildman–Crippen LogP) is 3.39. The van der Waals surface area contributed by atoms with E-state index in [1.165, 1.54) is 52.8 Å². The normalized spacial score (nSPS) is 14.3. The first-order valence-corrected chi connectivity index (χ1v) is 13.7. The highest BCUT2D eigenvalue weighted by Crippen LogP contribution is 2.26. The van der Waals surface area contributed by atoms with E-state index in [2.05, 4.69) is 10.1 Å². The van der Waals surface area contributed by atoms with Crippen LogP contribution < -0.4 is 5.32 Å². The van der Waals surface area contributed by atoms with Crippen molar-refractivity contribution >= 4 is 39.0 Å². The predicted molar refractivity (Wildman–Crippen MR) is 144 cm³/mol. The molecule has 1 fully saturated rings. The van der Waals surface area contributed by atoms with E-state index < -0.39 is 27.6 Å². The zero-order chi connectivity index (χ0) is 28.8. The maximum Gasteiger partial charge on any atom is 0.307 e. The van der Waals surface area contributed by atoms with Crippen LogP contribution in [0.2, 0.25) is 0 Å². The van der Waals surface area contributed by atoms with Crippen molar-refractivity contribution < 1.29 is 37.0 Å². The lowest BCUT2D eigenvalue weighted by Crippen LogP contribution is -2.46. The molecule has 1 aliphatic heterocycles. The van der Waals surface area contributed by atoms with Crippen LogP contribution in [-0.4, -0.2) is 67.8 Å². The van der Waals surface area contributed by atoms with Gasteiger partial charge in [0.15, 0.2) is 5.78 Å². The van der Waals surface area contributed by atoms with Crippen molar-refractivity contribution in [3.8, 4) is 0 Å². The number of aliphatic carboxylic acids is 1. The van der Waals surface area contributed by atoms with Crippen molar-refractivity contribution in [2.24, 2.45) is 0 Å². The van der Waals surface area contributed by atoms with E-state index in [4.69, 9.17) is 5.11 Å². The molecule has 1 heterocycles. The first-order chi connectivity index (χ1) is 18.3. The van der Waals surface area contributed by atoms with Crippen molar-refractivity contribution in [2.75, 3.05) is 26.2 Å². The van der Waals surface area contributed by atoms with Gasteiger partial charge in [0.2, 0.25) is 10.0 Å². The van der Waals surface area contributed by atoms with Gasteiger partial charge < -0.3 is 15.2 Å². The highest BCUT2D eigenvalue weighted by molar-refractivity contribution is 7.89. The lowest BCUT2D eigenvalue weighted by Gasteiger charge is -2.26. The Morgan fingerprint density at radius 1 is 1.05 bits per heavy atom.